The monoisotopic (exact) mass is 881 g/mol. The number of piperidine rings is 1. The van der Waals surface area contributed by atoms with Gasteiger partial charge >= 0.3 is 360 Å². The number of rotatable bonds is 11. The number of halogens is 1. The number of allylic oxidation sites excluding steroid dienone is 1. The summed E-state index contributed by atoms with van der Waals surface area (Å²) in [5, 5.41) is 0. The SMILES string of the molecule is Cc1cc(C(c2ccccc2)c2ccccc2)c(-n2cc3cccc(N4CCCCC4)n3[c]2=[Pd-2]([Cl])[CH2]C=Cc2ccccc2)c(C(c2ccccc2)c2ccccc2)c1. The number of pyridine rings is 1. The van der Waals surface area contributed by atoms with Gasteiger partial charge in [0.05, 0.1) is 0 Å². The van der Waals surface area contributed by atoms with Crippen LogP contribution in [0.5, 0.6) is 0 Å². The molecule has 1 saturated heterocycles. The molecule has 3 heterocycles. The molecule has 8 aromatic rings. The average molecular weight is 883 g/mol. The Hall–Kier alpha value is -5.50. The molecule has 6 aromatic carbocycles. The average Bonchev–Trinajstić information content (AvgIpc) is 3.68. The van der Waals surface area contributed by atoms with E-state index in [4.69, 9.17) is 9.53 Å². The molecule has 5 heteroatoms. The molecular formula is C54H50ClN3Pd-2. The van der Waals surface area contributed by atoms with Gasteiger partial charge in [-0.15, -0.1) is 0 Å². The summed E-state index contributed by atoms with van der Waals surface area (Å²) in [5.41, 5.74) is 12.4. The van der Waals surface area contributed by atoms with Crippen molar-refractivity contribution in [2.24, 2.45) is 0 Å². The molecule has 0 unspecified atom stereocenters. The molecule has 300 valence electrons. The molecule has 9 rings (SSSR count). The van der Waals surface area contributed by atoms with E-state index >= 15 is 0 Å². The van der Waals surface area contributed by atoms with Crippen molar-refractivity contribution in [1.29, 1.82) is 0 Å². The third-order valence-electron chi connectivity index (χ3n) is 11.5. The molecule has 3 nitrogen and oxygen atoms in total. The topological polar surface area (TPSA) is 12.6 Å². The normalized spacial score (nSPS) is 14.4. The second kappa shape index (κ2) is 18.2. The van der Waals surface area contributed by atoms with E-state index in [0.717, 1.165) is 23.5 Å². The number of fused-ring (bicyclic) bond motifs is 1. The van der Waals surface area contributed by atoms with Gasteiger partial charge in [-0.2, -0.15) is 0 Å². The number of hydrogen-bond donors (Lipinski definition) is 0. The van der Waals surface area contributed by atoms with Crippen molar-refractivity contribution in [1.82, 2.24) is 8.97 Å². The molecule has 59 heavy (non-hydrogen) atoms. The van der Waals surface area contributed by atoms with Gasteiger partial charge in [0.2, 0.25) is 0 Å². The van der Waals surface area contributed by atoms with Crippen LogP contribution in [0.2, 0.25) is 4.89 Å². The summed E-state index contributed by atoms with van der Waals surface area (Å²) in [6, 6.07) is 66.5. The molecule has 1 aliphatic rings. The van der Waals surface area contributed by atoms with Crippen LogP contribution >= 0.6 is 9.53 Å². The molecular weight excluding hydrogens is 832 g/mol. The maximum absolute atomic E-state index is 8.03. The first-order valence-electron chi connectivity index (χ1n) is 20.7. The van der Waals surface area contributed by atoms with Crippen molar-refractivity contribution >= 4 is 26.9 Å². The summed E-state index contributed by atoms with van der Waals surface area (Å²) in [4.78, 5) is 3.36. The summed E-state index contributed by atoms with van der Waals surface area (Å²) in [7, 11) is 8.03. The molecule has 0 atom stereocenters. The number of imidazole rings is 1. The number of aromatic nitrogens is 2. The minimum atomic E-state index is -1.92. The van der Waals surface area contributed by atoms with Crippen LogP contribution in [0, 0.1) is 10.8 Å². The van der Waals surface area contributed by atoms with Crippen LogP contribution in [0.3, 0.4) is 0 Å². The van der Waals surface area contributed by atoms with E-state index in [9.17, 15) is 0 Å². The van der Waals surface area contributed by atoms with E-state index in [2.05, 4.69) is 221 Å². The zero-order valence-electron chi connectivity index (χ0n) is 33.5. The van der Waals surface area contributed by atoms with Crippen LogP contribution < -0.4 is 4.90 Å². The first kappa shape index (κ1) is 39.0. The van der Waals surface area contributed by atoms with E-state index in [-0.39, 0.29) is 11.8 Å². The van der Waals surface area contributed by atoms with Crippen molar-refractivity contribution in [3.63, 3.8) is 0 Å². The van der Waals surface area contributed by atoms with Crippen molar-refractivity contribution in [3.8, 4) is 5.69 Å². The summed E-state index contributed by atoms with van der Waals surface area (Å²) in [6.07, 6.45) is 10.6. The number of benzene rings is 6. The Morgan fingerprint density at radius 2 is 1.05 bits per heavy atom. The zero-order chi connectivity index (χ0) is 40.0. The molecule has 1 aliphatic heterocycles. The van der Waals surface area contributed by atoms with Crippen molar-refractivity contribution in [2.75, 3.05) is 18.0 Å². The van der Waals surface area contributed by atoms with Crippen molar-refractivity contribution < 1.29 is 15.3 Å². The fourth-order valence-electron chi connectivity index (χ4n) is 8.87. The Balaban J connectivity index is 1.41. The second-order valence-corrected chi connectivity index (χ2v) is 19.7. The van der Waals surface area contributed by atoms with Gasteiger partial charge in [-0.25, -0.2) is 0 Å². The number of aryl methyl sites for hydroxylation is 1. The molecule has 0 bridgehead atoms. The fourth-order valence-corrected chi connectivity index (χ4v) is 12.1. The molecule has 0 aliphatic carbocycles. The predicted octanol–water partition coefficient (Wildman–Crippen LogP) is 13.8. The van der Waals surface area contributed by atoms with E-state index in [0.29, 0.717) is 0 Å². The maximum atomic E-state index is 8.03. The van der Waals surface area contributed by atoms with Crippen molar-refractivity contribution in [3.05, 3.63) is 243 Å². The number of nitrogens with zero attached hydrogens (tertiary/aromatic N) is 3. The van der Waals surface area contributed by atoms with Gasteiger partial charge in [0.1, 0.15) is 0 Å². The third kappa shape index (κ3) is 8.37. The number of hydrogen-bond acceptors (Lipinski definition) is 1. The van der Waals surface area contributed by atoms with E-state index < -0.39 is 15.3 Å². The van der Waals surface area contributed by atoms with Crippen LogP contribution in [0.15, 0.2) is 194 Å². The predicted molar refractivity (Wildman–Crippen MR) is 245 cm³/mol. The Morgan fingerprint density at radius 3 is 1.54 bits per heavy atom. The van der Waals surface area contributed by atoms with Crippen LogP contribution in [-0.2, 0) is 15.3 Å². The second-order valence-electron chi connectivity index (χ2n) is 15.4. The quantitative estimate of drug-likeness (QED) is 0.0931. The third-order valence-corrected chi connectivity index (χ3v) is 15.1. The van der Waals surface area contributed by atoms with Crippen LogP contribution in [0.4, 0.5) is 5.82 Å². The first-order valence-corrected chi connectivity index (χ1v) is 24.6. The Labute approximate surface area is 358 Å². The van der Waals surface area contributed by atoms with Gasteiger partial charge in [0.15, 0.2) is 0 Å². The van der Waals surface area contributed by atoms with Gasteiger partial charge in [-0.05, 0) is 0 Å². The molecule has 0 amide bonds. The van der Waals surface area contributed by atoms with Crippen LogP contribution in [0.25, 0.3) is 17.3 Å². The van der Waals surface area contributed by atoms with E-state index in [1.54, 1.807) is 0 Å². The molecule has 0 N–H and O–H groups in total. The summed E-state index contributed by atoms with van der Waals surface area (Å²) in [6.45, 7) is 4.36. The van der Waals surface area contributed by atoms with Crippen molar-refractivity contribution in [2.45, 2.75) is 42.9 Å². The molecule has 2 aromatic heterocycles. The summed E-state index contributed by atoms with van der Waals surface area (Å²) in [5.74, 6) is 1.17. The Kier molecular flexibility index (Phi) is 12.0. The van der Waals surface area contributed by atoms with Crippen LogP contribution in [0.1, 0.15) is 75.6 Å². The van der Waals surface area contributed by atoms with E-state index in [1.807, 2.05) is 0 Å². The summed E-state index contributed by atoms with van der Waals surface area (Å²) < 4.78 is 6.23. The van der Waals surface area contributed by atoms with Gasteiger partial charge in [0.25, 0.3) is 0 Å². The molecule has 1 fully saturated rings. The van der Waals surface area contributed by atoms with E-state index in [1.165, 1.54) is 79.2 Å². The Bertz CT molecular complexity index is 2550. The van der Waals surface area contributed by atoms with Gasteiger partial charge in [-0.1, -0.05) is 0 Å². The summed E-state index contributed by atoms with van der Waals surface area (Å²) >= 11 is -1.92. The number of anilines is 1. The van der Waals surface area contributed by atoms with Gasteiger partial charge in [-0.3, -0.25) is 0 Å². The molecule has 0 saturated carbocycles. The first-order chi connectivity index (χ1) is 29.1. The van der Waals surface area contributed by atoms with Crippen LogP contribution in [-0.4, -0.2) is 22.1 Å². The van der Waals surface area contributed by atoms with Gasteiger partial charge in [0, 0.05) is 0 Å². The standard InChI is InChI=1S/C45H41N3.C9H9.ClH.Pd/c1-34-30-40(43(35-18-7-2-8-19-35)36-20-9-3-10-21-36)45(41(31-34)44(37-22-11-4-12-23-37)38-24-13-5-14-25-38)47-32-39-26-17-27-42(48(39)33-47)46-28-15-6-16-29-46;1-2-6-9-7-4-3-5-8-9;;/h2-5,7-14,17-27,30-32,43-44H,6,15-16,28-29H2,1H3;2-8H,1H2;1H;/q;;;-1/p-1. The zero-order valence-corrected chi connectivity index (χ0v) is 35.8. The molecule has 0 radical (unpaired) electrons. The molecule has 0 spiro atoms. The fraction of sp³-hybridized carbons (Fsp3) is 0.167. The van der Waals surface area contributed by atoms with Gasteiger partial charge < -0.3 is 0 Å². The Morgan fingerprint density at radius 1 is 0.576 bits per heavy atom. The minimum absolute atomic E-state index is 0.0334.